The van der Waals surface area contributed by atoms with Crippen LogP contribution in [0.25, 0.3) is 0 Å². The maximum Gasteiger partial charge on any atom is 0.224 e. The highest BCUT2D eigenvalue weighted by molar-refractivity contribution is 5.79. The van der Waals surface area contributed by atoms with Crippen LogP contribution in [0.3, 0.4) is 0 Å². The predicted octanol–water partition coefficient (Wildman–Crippen LogP) is 4.17. The number of rotatable bonds is 9. The van der Waals surface area contributed by atoms with Gasteiger partial charge in [0.15, 0.2) is 11.5 Å². The summed E-state index contributed by atoms with van der Waals surface area (Å²) >= 11 is 0. The van der Waals surface area contributed by atoms with Crippen molar-refractivity contribution >= 4 is 5.91 Å². The van der Waals surface area contributed by atoms with Crippen LogP contribution in [-0.2, 0) is 17.9 Å². The number of benzene rings is 2. The molecule has 0 unspecified atom stereocenters. The molecule has 1 N–H and O–H groups in total. The molecule has 2 aromatic carbocycles. The van der Waals surface area contributed by atoms with Crippen LogP contribution in [-0.4, -0.2) is 62.7 Å². The summed E-state index contributed by atoms with van der Waals surface area (Å²) in [7, 11) is 3.33. The van der Waals surface area contributed by atoms with Gasteiger partial charge in [0.1, 0.15) is 0 Å². The van der Waals surface area contributed by atoms with Crippen molar-refractivity contribution in [2.24, 2.45) is 11.8 Å². The van der Waals surface area contributed by atoms with Gasteiger partial charge in [0.25, 0.3) is 0 Å². The van der Waals surface area contributed by atoms with Crippen molar-refractivity contribution in [1.82, 2.24) is 15.1 Å². The van der Waals surface area contributed by atoms with Crippen LogP contribution in [0, 0.1) is 25.7 Å². The van der Waals surface area contributed by atoms with Crippen molar-refractivity contribution in [2.45, 2.75) is 46.2 Å². The Morgan fingerprint density at radius 1 is 0.914 bits per heavy atom. The molecule has 0 aliphatic carbocycles. The second-order valence-electron chi connectivity index (χ2n) is 10.4. The van der Waals surface area contributed by atoms with E-state index in [-0.39, 0.29) is 11.8 Å². The first-order valence-electron chi connectivity index (χ1n) is 12.9. The van der Waals surface area contributed by atoms with Gasteiger partial charge in [-0.2, -0.15) is 0 Å². The van der Waals surface area contributed by atoms with Crippen LogP contribution >= 0.6 is 0 Å². The summed E-state index contributed by atoms with van der Waals surface area (Å²) in [5, 5.41) is 3.24. The van der Waals surface area contributed by atoms with E-state index in [2.05, 4.69) is 59.3 Å². The van der Waals surface area contributed by atoms with Gasteiger partial charge in [0, 0.05) is 32.7 Å². The van der Waals surface area contributed by atoms with Gasteiger partial charge < -0.3 is 19.7 Å². The number of hydrogen-bond donors (Lipinski definition) is 1. The fourth-order valence-electron chi connectivity index (χ4n) is 5.83. The lowest BCUT2D eigenvalue weighted by Gasteiger charge is -2.38. The molecule has 0 bridgehead atoms. The van der Waals surface area contributed by atoms with Crippen LogP contribution in [0.4, 0.5) is 0 Å². The zero-order chi connectivity index (χ0) is 24.8. The molecule has 2 heterocycles. The topological polar surface area (TPSA) is 54.0 Å². The minimum Gasteiger partial charge on any atom is -0.493 e. The van der Waals surface area contributed by atoms with E-state index in [1.54, 1.807) is 14.2 Å². The Kier molecular flexibility index (Phi) is 8.69. The summed E-state index contributed by atoms with van der Waals surface area (Å²) in [6.45, 7) is 10.9. The maximum atomic E-state index is 13.3. The molecule has 2 aliphatic rings. The van der Waals surface area contributed by atoms with Crippen LogP contribution in [0.15, 0.2) is 36.4 Å². The number of carbonyl (C=O) groups is 1. The molecule has 35 heavy (non-hydrogen) atoms. The van der Waals surface area contributed by atoms with Gasteiger partial charge in [-0.25, -0.2) is 0 Å². The summed E-state index contributed by atoms with van der Waals surface area (Å²) in [5.41, 5.74) is 4.82. The minimum atomic E-state index is 0.00223. The van der Waals surface area contributed by atoms with E-state index in [1.807, 2.05) is 6.07 Å². The molecule has 2 atom stereocenters. The Bertz CT molecular complexity index is 982. The van der Waals surface area contributed by atoms with Gasteiger partial charge in [-0.1, -0.05) is 35.4 Å². The number of nitrogens with zero attached hydrogens (tertiary/aromatic N) is 2. The van der Waals surface area contributed by atoms with Crippen LogP contribution < -0.4 is 14.8 Å². The second kappa shape index (κ2) is 11.9. The fraction of sp³-hybridized carbons (Fsp3) is 0.552. The molecule has 4 rings (SSSR count). The third kappa shape index (κ3) is 6.98. The molecule has 0 saturated carbocycles. The summed E-state index contributed by atoms with van der Waals surface area (Å²) in [6, 6.07) is 12.6. The van der Waals surface area contributed by atoms with Crippen molar-refractivity contribution in [1.29, 1.82) is 0 Å². The molecule has 190 valence electrons. The second-order valence-corrected chi connectivity index (χ2v) is 10.4. The molecule has 0 spiro atoms. The number of hydrogen-bond acceptors (Lipinski definition) is 5. The first kappa shape index (κ1) is 25.5. The quantitative estimate of drug-likeness (QED) is 0.585. The largest absolute Gasteiger partial charge is 0.493 e. The van der Waals surface area contributed by atoms with Gasteiger partial charge in [-0.3, -0.25) is 9.69 Å². The Labute approximate surface area is 210 Å². The number of piperidine rings is 1. The highest BCUT2D eigenvalue weighted by Gasteiger charge is 2.33. The molecule has 2 fully saturated rings. The summed E-state index contributed by atoms with van der Waals surface area (Å²) in [4.78, 5) is 18.3. The summed E-state index contributed by atoms with van der Waals surface area (Å²) < 4.78 is 10.9. The molecular weight excluding hydrogens is 438 g/mol. The molecular formula is C29H41N3O3. The number of aryl methyl sites for hydroxylation is 2. The Hall–Kier alpha value is -2.57. The molecule has 2 aromatic rings. The Morgan fingerprint density at radius 3 is 2.31 bits per heavy atom. The van der Waals surface area contributed by atoms with E-state index in [9.17, 15) is 4.79 Å². The van der Waals surface area contributed by atoms with Crippen LogP contribution in [0.1, 0.15) is 41.5 Å². The van der Waals surface area contributed by atoms with Gasteiger partial charge in [0.2, 0.25) is 5.91 Å². The van der Waals surface area contributed by atoms with Gasteiger partial charge >= 0.3 is 0 Å². The SMILES string of the molecule is COc1ccc(CN2C[C@@H](CN3CCCC3)C[C@@H](C(=O)NCc3cc(C)cc(C)c3)C2)cc1OC. The summed E-state index contributed by atoms with van der Waals surface area (Å²) in [6.07, 6.45) is 3.54. The third-order valence-electron chi connectivity index (χ3n) is 7.30. The molecule has 6 heteroatoms. The molecule has 6 nitrogen and oxygen atoms in total. The molecule has 0 radical (unpaired) electrons. The van der Waals surface area contributed by atoms with E-state index in [0.717, 1.165) is 44.1 Å². The van der Waals surface area contributed by atoms with E-state index < -0.39 is 0 Å². The average Bonchev–Trinajstić information content (AvgIpc) is 3.34. The average molecular weight is 480 g/mol. The van der Waals surface area contributed by atoms with Crippen molar-refractivity contribution in [3.05, 3.63) is 58.7 Å². The number of nitrogens with one attached hydrogen (secondary N) is 1. The Morgan fingerprint density at radius 2 is 1.63 bits per heavy atom. The number of likely N-dealkylation sites (tertiary alicyclic amines) is 2. The van der Waals surface area contributed by atoms with Crippen molar-refractivity contribution in [3.8, 4) is 11.5 Å². The van der Waals surface area contributed by atoms with E-state index >= 15 is 0 Å². The lowest BCUT2D eigenvalue weighted by Crippen LogP contribution is -2.48. The monoisotopic (exact) mass is 479 g/mol. The van der Waals surface area contributed by atoms with E-state index in [4.69, 9.17) is 9.47 Å². The molecule has 1 amide bonds. The van der Waals surface area contributed by atoms with E-state index in [0.29, 0.717) is 12.5 Å². The summed E-state index contributed by atoms with van der Waals surface area (Å²) in [5.74, 6) is 2.16. The zero-order valence-corrected chi connectivity index (χ0v) is 21.8. The third-order valence-corrected chi connectivity index (χ3v) is 7.30. The van der Waals surface area contributed by atoms with Crippen molar-refractivity contribution in [2.75, 3.05) is 46.9 Å². The standard InChI is InChI=1S/C29H41N3O3/c1-21-11-22(2)13-24(12-21)16-30-29(33)26-14-25(18-31-9-5-6-10-31)19-32(20-26)17-23-7-8-27(34-3)28(15-23)35-4/h7-8,11-13,15,25-26H,5-6,9-10,14,16-20H2,1-4H3,(H,30,33)/t25-,26-/m1/s1. The minimum absolute atomic E-state index is 0.00223. The Balaban J connectivity index is 1.44. The fourth-order valence-corrected chi connectivity index (χ4v) is 5.83. The number of methoxy groups -OCH3 is 2. The van der Waals surface area contributed by atoms with Gasteiger partial charge in [0.05, 0.1) is 20.1 Å². The number of ether oxygens (including phenoxy) is 2. The lowest BCUT2D eigenvalue weighted by molar-refractivity contribution is -0.127. The van der Waals surface area contributed by atoms with Crippen LogP contribution in [0.2, 0.25) is 0 Å². The van der Waals surface area contributed by atoms with Gasteiger partial charge in [-0.05, 0) is 75.4 Å². The highest BCUT2D eigenvalue weighted by atomic mass is 16.5. The zero-order valence-electron chi connectivity index (χ0n) is 21.8. The predicted molar refractivity (Wildman–Crippen MR) is 140 cm³/mol. The first-order chi connectivity index (χ1) is 16.9. The van der Waals surface area contributed by atoms with E-state index in [1.165, 1.54) is 48.2 Å². The number of amides is 1. The highest BCUT2D eigenvalue weighted by Crippen LogP contribution is 2.30. The van der Waals surface area contributed by atoms with Crippen molar-refractivity contribution in [3.63, 3.8) is 0 Å². The maximum absolute atomic E-state index is 13.3. The van der Waals surface area contributed by atoms with Gasteiger partial charge in [-0.15, -0.1) is 0 Å². The first-order valence-corrected chi connectivity index (χ1v) is 12.9. The smallest absolute Gasteiger partial charge is 0.224 e. The molecule has 0 aromatic heterocycles. The van der Waals surface area contributed by atoms with Crippen LogP contribution in [0.5, 0.6) is 11.5 Å². The number of carbonyl (C=O) groups excluding carboxylic acids is 1. The normalized spacial score (nSPS) is 21.1. The van der Waals surface area contributed by atoms with Crippen molar-refractivity contribution < 1.29 is 14.3 Å². The lowest BCUT2D eigenvalue weighted by atomic mass is 9.87. The molecule has 2 saturated heterocycles. The molecule has 2 aliphatic heterocycles.